The zero-order valence-electron chi connectivity index (χ0n) is 8.87. The lowest BCUT2D eigenvalue weighted by atomic mass is 10.3. The van der Waals surface area contributed by atoms with Crippen molar-refractivity contribution in [2.75, 3.05) is 26.7 Å². The zero-order chi connectivity index (χ0) is 10.8. The molecule has 3 nitrogen and oxygen atoms in total. The molecule has 0 aliphatic rings. The first kappa shape index (κ1) is 12.9. The second kappa shape index (κ2) is 8.51. The second-order valence-corrected chi connectivity index (χ2v) is 3.02. The van der Waals surface area contributed by atoms with Crippen LogP contribution in [0.4, 0.5) is 0 Å². The maximum atomic E-state index is 10.8. The standard InChI is InChI=1S/C11H19NO2/c1-4-8-12(9-5-2)10-6-7-11(13)14-3/h4-5H,1-2,6-10H2,3H3. The van der Waals surface area contributed by atoms with Gasteiger partial charge in [0.2, 0.25) is 0 Å². The first-order valence-electron chi connectivity index (χ1n) is 4.75. The Kier molecular flexibility index (Phi) is 7.84. The maximum absolute atomic E-state index is 10.8. The summed E-state index contributed by atoms with van der Waals surface area (Å²) >= 11 is 0. The van der Waals surface area contributed by atoms with E-state index in [1.54, 1.807) is 0 Å². The van der Waals surface area contributed by atoms with Crippen LogP contribution < -0.4 is 0 Å². The fourth-order valence-corrected chi connectivity index (χ4v) is 1.17. The molecule has 0 bridgehead atoms. The molecule has 0 amide bonds. The van der Waals surface area contributed by atoms with Crippen molar-refractivity contribution >= 4 is 5.97 Å². The molecule has 0 aromatic heterocycles. The van der Waals surface area contributed by atoms with Gasteiger partial charge in [-0.1, -0.05) is 12.2 Å². The molecule has 0 saturated heterocycles. The van der Waals surface area contributed by atoms with Crippen LogP contribution >= 0.6 is 0 Å². The summed E-state index contributed by atoms with van der Waals surface area (Å²) in [5, 5.41) is 0. The van der Waals surface area contributed by atoms with E-state index < -0.39 is 0 Å². The molecule has 0 rings (SSSR count). The number of esters is 1. The van der Waals surface area contributed by atoms with Gasteiger partial charge in [0.15, 0.2) is 0 Å². The lowest BCUT2D eigenvalue weighted by molar-refractivity contribution is -0.140. The lowest BCUT2D eigenvalue weighted by Gasteiger charge is -2.17. The highest BCUT2D eigenvalue weighted by atomic mass is 16.5. The normalized spacial score (nSPS) is 9.86. The first-order chi connectivity index (χ1) is 6.74. The quantitative estimate of drug-likeness (QED) is 0.437. The summed E-state index contributed by atoms with van der Waals surface area (Å²) in [6.45, 7) is 9.87. The molecule has 0 radical (unpaired) electrons. The molecule has 80 valence electrons. The molecule has 0 saturated carbocycles. The van der Waals surface area contributed by atoms with Gasteiger partial charge in [0.1, 0.15) is 0 Å². The summed E-state index contributed by atoms with van der Waals surface area (Å²) in [5.41, 5.74) is 0. The van der Waals surface area contributed by atoms with Crippen molar-refractivity contribution in [1.29, 1.82) is 0 Å². The van der Waals surface area contributed by atoms with Crippen molar-refractivity contribution in [3.8, 4) is 0 Å². The Hall–Kier alpha value is -1.09. The van der Waals surface area contributed by atoms with Crippen LogP contribution in [0.1, 0.15) is 12.8 Å². The lowest BCUT2D eigenvalue weighted by Crippen LogP contribution is -2.25. The molecule has 0 aromatic carbocycles. The van der Waals surface area contributed by atoms with Gasteiger partial charge in [0, 0.05) is 19.5 Å². The Morgan fingerprint density at radius 2 is 1.93 bits per heavy atom. The Morgan fingerprint density at radius 3 is 2.36 bits per heavy atom. The third-order valence-electron chi connectivity index (χ3n) is 1.86. The van der Waals surface area contributed by atoms with Crippen LogP contribution in [0.3, 0.4) is 0 Å². The van der Waals surface area contributed by atoms with Crippen LogP contribution in [0.25, 0.3) is 0 Å². The van der Waals surface area contributed by atoms with Crippen molar-refractivity contribution in [3.63, 3.8) is 0 Å². The summed E-state index contributed by atoms with van der Waals surface area (Å²) in [4.78, 5) is 13.0. The van der Waals surface area contributed by atoms with E-state index in [1.807, 2.05) is 12.2 Å². The molecular weight excluding hydrogens is 178 g/mol. The number of hydrogen-bond acceptors (Lipinski definition) is 3. The van der Waals surface area contributed by atoms with Crippen molar-refractivity contribution in [1.82, 2.24) is 4.90 Å². The van der Waals surface area contributed by atoms with Gasteiger partial charge in [0.05, 0.1) is 7.11 Å². The molecule has 0 aliphatic heterocycles. The molecule has 0 fully saturated rings. The Balaban J connectivity index is 3.64. The highest BCUT2D eigenvalue weighted by Gasteiger charge is 2.03. The molecule has 0 atom stereocenters. The van der Waals surface area contributed by atoms with Gasteiger partial charge < -0.3 is 4.74 Å². The number of methoxy groups -OCH3 is 1. The molecule has 0 spiro atoms. The Morgan fingerprint density at radius 1 is 1.36 bits per heavy atom. The summed E-state index contributed by atoms with van der Waals surface area (Å²) in [7, 11) is 1.41. The summed E-state index contributed by atoms with van der Waals surface area (Å²) in [5.74, 6) is -0.151. The Bertz CT molecular complexity index is 180. The van der Waals surface area contributed by atoms with E-state index in [9.17, 15) is 4.79 Å². The highest BCUT2D eigenvalue weighted by molar-refractivity contribution is 5.69. The summed E-state index contributed by atoms with van der Waals surface area (Å²) < 4.78 is 4.55. The number of hydrogen-bond donors (Lipinski definition) is 0. The van der Waals surface area contributed by atoms with E-state index in [0.29, 0.717) is 6.42 Å². The minimum atomic E-state index is -0.151. The van der Waals surface area contributed by atoms with Crippen LogP contribution in [0, 0.1) is 0 Å². The number of ether oxygens (including phenoxy) is 1. The van der Waals surface area contributed by atoms with Crippen LogP contribution in [-0.4, -0.2) is 37.6 Å². The topological polar surface area (TPSA) is 29.5 Å². The first-order valence-corrected chi connectivity index (χ1v) is 4.75. The fourth-order valence-electron chi connectivity index (χ4n) is 1.17. The number of carbonyl (C=O) groups is 1. The fraction of sp³-hybridized carbons (Fsp3) is 0.545. The van der Waals surface area contributed by atoms with Gasteiger partial charge in [-0.25, -0.2) is 0 Å². The number of carbonyl (C=O) groups excluding carboxylic acids is 1. The van der Waals surface area contributed by atoms with Crippen LogP contribution in [0.5, 0.6) is 0 Å². The van der Waals surface area contributed by atoms with E-state index in [-0.39, 0.29) is 5.97 Å². The molecule has 0 N–H and O–H groups in total. The van der Waals surface area contributed by atoms with Crippen LogP contribution in [0.2, 0.25) is 0 Å². The van der Waals surface area contributed by atoms with Gasteiger partial charge >= 0.3 is 5.97 Å². The van der Waals surface area contributed by atoms with Gasteiger partial charge in [-0.2, -0.15) is 0 Å². The van der Waals surface area contributed by atoms with E-state index in [0.717, 1.165) is 26.1 Å². The van der Waals surface area contributed by atoms with E-state index in [4.69, 9.17) is 0 Å². The number of nitrogens with zero attached hydrogens (tertiary/aromatic N) is 1. The van der Waals surface area contributed by atoms with Gasteiger partial charge in [-0.05, 0) is 13.0 Å². The SMILES string of the molecule is C=CCN(CC=C)CCCC(=O)OC. The zero-order valence-corrected chi connectivity index (χ0v) is 8.87. The minimum Gasteiger partial charge on any atom is -0.469 e. The molecule has 0 aliphatic carbocycles. The van der Waals surface area contributed by atoms with E-state index in [2.05, 4.69) is 22.8 Å². The highest BCUT2D eigenvalue weighted by Crippen LogP contribution is 1.97. The predicted octanol–water partition coefficient (Wildman–Crippen LogP) is 1.61. The average molecular weight is 197 g/mol. The molecule has 0 heterocycles. The van der Waals surface area contributed by atoms with Crippen LogP contribution in [0.15, 0.2) is 25.3 Å². The summed E-state index contributed by atoms with van der Waals surface area (Å²) in [6, 6.07) is 0. The maximum Gasteiger partial charge on any atom is 0.305 e. The van der Waals surface area contributed by atoms with Crippen LogP contribution in [-0.2, 0) is 9.53 Å². The van der Waals surface area contributed by atoms with Crippen molar-refractivity contribution in [2.45, 2.75) is 12.8 Å². The third kappa shape index (κ3) is 6.43. The minimum absolute atomic E-state index is 0.151. The van der Waals surface area contributed by atoms with Gasteiger partial charge in [0.25, 0.3) is 0 Å². The predicted molar refractivity (Wildman–Crippen MR) is 58.1 cm³/mol. The van der Waals surface area contributed by atoms with Crippen molar-refractivity contribution in [3.05, 3.63) is 25.3 Å². The van der Waals surface area contributed by atoms with Gasteiger partial charge in [-0.15, -0.1) is 13.2 Å². The van der Waals surface area contributed by atoms with Crippen molar-refractivity contribution in [2.24, 2.45) is 0 Å². The molecule has 0 aromatic rings. The smallest absolute Gasteiger partial charge is 0.305 e. The van der Waals surface area contributed by atoms with E-state index in [1.165, 1.54) is 7.11 Å². The Labute approximate surface area is 86.0 Å². The summed E-state index contributed by atoms with van der Waals surface area (Å²) in [6.07, 6.45) is 4.99. The van der Waals surface area contributed by atoms with Gasteiger partial charge in [-0.3, -0.25) is 9.69 Å². The van der Waals surface area contributed by atoms with Crippen molar-refractivity contribution < 1.29 is 9.53 Å². The second-order valence-electron chi connectivity index (χ2n) is 3.02. The monoisotopic (exact) mass is 197 g/mol. The third-order valence-corrected chi connectivity index (χ3v) is 1.86. The molecule has 3 heteroatoms. The molecular formula is C11H19NO2. The largest absolute Gasteiger partial charge is 0.469 e. The molecule has 0 unspecified atom stereocenters. The number of rotatable bonds is 8. The van der Waals surface area contributed by atoms with E-state index >= 15 is 0 Å². The average Bonchev–Trinajstić information content (AvgIpc) is 2.18. The molecule has 14 heavy (non-hydrogen) atoms.